The highest BCUT2D eigenvalue weighted by molar-refractivity contribution is 6.35. The summed E-state index contributed by atoms with van der Waals surface area (Å²) in [5.74, 6) is -0.155. The SMILES string of the molecule is COc1cnc(-c2cc(Cl)ccc2Cl)c(F)c1. The van der Waals surface area contributed by atoms with Gasteiger partial charge in [-0.1, -0.05) is 23.2 Å². The Labute approximate surface area is 108 Å². The zero-order chi connectivity index (χ0) is 12.4. The fraction of sp³-hybridized carbons (Fsp3) is 0.0833. The maximum absolute atomic E-state index is 13.8. The van der Waals surface area contributed by atoms with E-state index in [2.05, 4.69) is 4.98 Å². The Morgan fingerprint density at radius 3 is 2.65 bits per heavy atom. The summed E-state index contributed by atoms with van der Waals surface area (Å²) in [4.78, 5) is 3.98. The highest BCUT2D eigenvalue weighted by Gasteiger charge is 2.12. The fourth-order valence-corrected chi connectivity index (χ4v) is 1.79. The Morgan fingerprint density at radius 2 is 2.00 bits per heavy atom. The van der Waals surface area contributed by atoms with Gasteiger partial charge in [-0.05, 0) is 18.2 Å². The van der Waals surface area contributed by atoms with Crippen LogP contribution in [0.5, 0.6) is 5.75 Å². The summed E-state index contributed by atoms with van der Waals surface area (Å²) in [5.41, 5.74) is 0.609. The first-order valence-electron chi connectivity index (χ1n) is 4.77. The molecule has 0 spiro atoms. The molecule has 1 aromatic heterocycles. The Hall–Kier alpha value is -1.32. The van der Waals surface area contributed by atoms with E-state index in [1.807, 2.05) is 0 Å². The molecule has 1 heterocycles. The van der Waals surface area contributed by atoms with Crippen molar-refractivity contribution in [1.82, 2.24) is 4.98 Å². The average Bonchev–Trinajstić information content (AvgIpc) is 2.32. The predicted molar refractivity (Wildman–Crippen MR) is 66.2 cm³/mol. The summed E-state index contributed by atoms with van der Waals surface area (Å²) in [6, 6.07) is 6.06. The van der Waals surface area contributed by atoms with E-state index in [1.54, 1.807) is 18.2 Å². The van der Waals surface area contributed by atoms with Crippen LogP contribution in [0.25, 0.3) is 11.3 Å². The normalized spacial score (nSPS) is 10.4. The second kappa shape index (κ2) is 4.90. The molecule has 17 heavy (non-hydrogen) atoms. The first-order valence-corrected chi connectivity index (χ1v) is 5.52. The molecule has 0 amide bonds. The van der Waals surface area contributed by atoms with Crippen LogP contribution in [0.2, 0.25) is 10.0 Å². The van der Waals surface area contributed by atoms with E-state index in [0.717, 1.165) is 0 Å². The maximum Gasteiger partial charge on any atom is 0.153 e. The van der Waals surface area contributed by atoms with Crippen LogP contribution >= 0.6 is 23.2 Å². The Kier molecular flexibility index (Phi) is 3.50. The van der Waals surface area contributed by atoms with Gasteiger partial charge in [-0.2, -0.15) is 0 Å². The molecule has 1 aromatic carbocycles. The Morgan fingerprint density at radius 1 is 1.24 bits per heavy atom. The number of halogens is 3. The van der Waals surface area contributed by atoms with Crippen molar-refractivity contribution in [3.8, 4) is 17.0 Å². The number of aromatic nitrogens is 1. The lowest BCUT2D eigenvalue weighted by Crippen LogP contribution is -1.92. The predicted octanol–water partition coefficient (Wildman–Crippen LogP) is 4.20. The molecule has 5 heteroatoms. The van der Waals surface area contributed by atoms with Crippen LogP contribution in [0, 0.1) is 5.82 Å². The standard InChI is InChI=1S/C12H8Cl2FNO/c1-17-8-5-11(15)12(16-6-8)9-4-7(13)2-3-10(9)14/h2-6H,1H3. The van der Waals surface area contributed by atoms with Crippen molar-refractivity contribution < 1.29 is 9.13 Å². The van der Waals surface area contributed by atoms with Gasteiger partial charge in [0.1, 0.15) is 11.4 Å². The average molecular weight is 272 g/mol. The number of methoxy groups -OCH3 is 1. The van der Waals surface area contributed by atoms with E-state index < -0.39 is 5.82 Å². The topological polar surface area (TPSA) is 22.1 Å². The second-order valence-corrected chi connectivity index (χ2v) is 4.17. The molecule has 0 fully saturated rings. The minimum atomic E-state index is -0.506. The summed E-state index contributed by atoms with van der Waals surface area (Å²) >= 11 is 11.8. The van der Waals surface area contributed by atoms with Gasteiger partial charge in [0.15, 0.2) is 5.82 Å². The number of hydrogen-bond donors (Lipinski definition) is 0. The minimum absolute atomic E-state index is 0.151. The highest BCUT2D eigenvalue weighted by Crippen LogP contribution is 2.31. The van der Waals surface area contributed by atoms with Crippen molar-refractivity contribution in [1.29, 1.82) is 0 Å². The molecule has 0 atom stereocenters. The van der Waals surface area contributed by atoms with E-state index in [9.17, 15) is 4.39 Å². The molecule has 88 valence electrons. The molecule has 0 N–H and O–H groups in total. The molecule has 0 unspecified atom stereocenters. The van der Waals surface area contributed by atoms with Gasteiger partial charge in [0.2, 0.25) is 0 Å². The number of pyridine rings is 1. The number of ether oxygens (including phenoxy) is 1. The molecular weight excluding hydrogens is 264 g/mol. The van der Waals surface area contributed by atoms with Gasteiger partial charge >= 0.3 is 0 Å². The molecule has 0 bridgehead atoms. The fourth-order valence-electron chi connectivity index (χ4n) is 1.41. The second-order valence-electron chi connectivity index (χ2n) is 3.33. The monoisotopic (exact) mass is 271 g/mol. The van der Waals surface area contributed by atoms with Crippen molar-refractivity contribution >= 4 is 23.2 Å². The van der Waals surface area contributed by atoms with Gasteiger partial charge in [-0.15, -0.1) is 0 Å². The smallest absolute Gasteiger partial charge is 0.153 e. The summed E-state index contributed by atoms with van der Waals surface area (Å²) in [7, 11) is 1.45. The molecular formula is C12H8Cl2FNO. The summed E-state index contributed by atoms with van der Waals surface area (Å²) in [5, 5.41) is 0.868. The van der Waals surface area contributed by atoms with Gasteiger partial charge < -0.3 is 4.74 Å². The van der Waals surface area contributed by atoms with Crippen LogP contribution in [-0.2, 0) is 0 Å². The molecule has 0 aliphatic carbocycles. The van der Waals surface area contributed by atoms with Crippen LogP contribution in [0.1, 0.15) is 0 Å². The molecule has 2 aromatic rings. The van der Waals surface area contributed by atoms with Crippen LogP contribution in [-0.4, -0.2) is 12.1 Å². The van der Waals surface area contributed by atoms with E-state index >= 15 is 0 Å². The van der Waals surface area contributed by atoms with Gasteiger partial charge in [0.25, 0.3) is 0 Å². The third-order valence-corrected chi connectivity index (χ3v) is 2.80. The van der Waals surface area contributed by atoms with Crippen molar-refractivity contribution in [3.63, 3.8) is 0 Å². The van der Waals surface area contributed by atoms with E-state index in [4.69, 9.17) is 27.9 Å². The molecule has 0 radical (unpaired) electrons. The number of rotatable bonds is 2. The summed E-state index contributed by atoms with van der Waals surface area (Å²) in [6.07, 6.45) is 1.43. The number of nitrogens with zero attached hydrogens (tertiary/aromatic N) is 1. The van der Waals surface area contributed by atoms with E-state index in [-0.39, 0.29) is 5.69 Å². The van der Waals surface area contributed by atoms with Gasteiger partial charge in [0.05, 0.1) is 18.3 Å². The third-order valence-electron chi connectivity index (χ3n) is 2.24. The zero-order valence-corrected chi connectivity index (χ0v) is 10.4. The summed E-state index contributed by atoms with van der Waals surface area (Å²) in [6.45, 7) is 0. The highest BCUT2D eigenvalue weighted by atomic mass is 35.5. The molecule has 2 nitrogen and oxygen atoms in total. The minimum Gasteiger partial charge on any atom is -0.495 e. The lowest BCUT2D eigenvalue weighted by molar-refractivity contribution is 0.409. The van der Waals surface area contributed by atoms with Crippen molar-refractivity contribution in [3.05, 3.63) is 46.3 Å². The molecule has 0 aliphatic heterocycles. The van der Waals surface area contributed by atoms with Gasteiger partial charge in [0, 0.05) is 16.7 Å². The van der Waals surface area contributed by atoms with E-state index in [1.165, 1.54) is 19.4 Å². The van der Waals surface area contributed by atoms with Crippen LogP contribution in [0.3, 0.4) is 0 Å². The van der Waals surface area contributed by atoms with Crippen LogP contribution < -0.4 is 4.74 Å². The van der Waals surface area contributed by atoms with Crippen molar-refractivity contribution in [2.24, 2.45) is 0 Å². The first-order chi connectivity index (χ1) is 8.11. The van der Waals surface area contributed by atoms with E-state index in [0.29, 0.717) is 21.4 Å². The lowest BCUT2D eigenvalue weighted by Gasteiger charge is -2.07. The molecule has 0 saturated heterocycles. The van der Waals surface area contributed by atoms with Gasteiger partial charge in [-0.3, -0.25) is 0 Å². The number of benzene rings is 1. The van der Waals surface area contributed by atoms with Crippen LogP contribution in [0.4, 0.5) is 4.39 Å². The molecule has 0 aliphatic rings. The molecule has 2 rings (SSSR count). The van der Waals surface area contributed by atoms with Gasteiger partial charge in [-0.25, -0.2) is 9.37 Å². The number of hydrogen-bond acceptors (Lipinski definition) is 2. The Balaban J connectivity index is 2.56. The largest absolute Gasteiger partial charge is 0.495 e. The van der Waals surface area contributed by atoms with Crippen molar-refractivity contribution in [2.75, 3.05) is 7.11 Å². The molecule has 0 saturated carbocycles. The third kappa shape index (κ3) is 2.51. The zero-order valence-electron chi connectivity index (χ0n) is 8.88. The van der Waals surface area contributed by atoms with Crippen LogP contribution in [0.15, 0.2) is 30.5 Å². The first kappa shape index (κ1) is 12.1. The Bertz CT molecular complexity index is 560. The quantitative estimate of drug-likeness (QED) is 0.817. The van der Waals surface area contributed by atoms with Crippen molar-refractivity contribution in [2.45, 2.75) is 0 Å². The lowest BCUT2D eigenvalue weighted by atomic mass is 10.1. The summed E-state index contributed by atoms with van der Waals surface area (Å²) < 4.78 is 18.7. The maximum atomic E-state index is 13.8.